The number of hydrogen-bond donors (Lipinski definition) is 1. The highest BCUT2D eigenvalue weighted by Crippen LogP contribution is 2.30. The van der Waals surface area contributed by atoms with Gasteiger partial charge in [-0.05, 0) is 19.3 Å². The highest BCUT2D eigenvalue weighted by molar-refractivity contribution is 5.46. The molecular weight excluding hydrogens is 337 g/mol. The summed E-state index contributed by atoms with van der Waals surface area (Å²) >= 11 is 0. The average Bonchev–Trinajstić information content (AvgIpc) is 3.26. The van der Waals surface area contributed by atoms with Crippen LogP contribution in [0.3, 0.4) is 0 Å². The van der Waals surface area contributed by atoms with E-state index in [0.717, 1.165) is 51.6 Å². The van der Waals surface area contributed by atoms with Gasteiger partial charge < -0.3 is 10.1 Å². The topological polar surface area (TPSA) is 67.6 Å². The van der Waals surface area contributed by atoms with Gasteiger partial charge >= 0.3 is 6.18 Å². The Morgan fingerprint density at radius 3 is 2.68 bits per heavy atom. The Balaban J connectivity index is 1.48. The van der Waals surface area contributed by atoms with Crippen molar-refractivity contribution in [2.75, 3.05) is 31.6 Å². The predicted octanol–water partition coefficient (Wildman–Crippen LogP) is 1.81. The molecule has 2 aliphatic heterocycles. The molecule has 1 unspecified atom stereocenters. The first-order chi connectivity index (χ1) is 12.0. The Kier molecular flexibility index (Phi) is 4.24. The smallest absolute Gasteiger partial charge is 0.380 e. The highest BCUT2D eigenvalue weighted by atomic mass is 19.4. The quantitative estimate of drug-likeness (QED) is 0.905. The van der Waals surface area contributed by atoms with Crippen LogP contribution < -0.4 is 5.32 Å². The van der Waals surface area contributed by atoms with Crippen LogP contribution in [0.2, 0.25) is 0 Å². The van der Waals surface area contributed by atoms with Gasteiger partial charge in [-0.2, -0.15) is 27.8 Å². The van der Waals surface area contributed by atoms with Gasteiger partial charge in [0.1, 0.15) is 12.1 Å². The van der Waals surface area contributed by atoms with E-state index in [4.69, 9.17) is 4.74 Å². The van der Waals surface area contributed by atoms with Crippen molar-refractivity contribution < 1.29 is 17.9 Å². The number of nitrogens with zero attached hydrogens (tertiary/aromatic N) is 5. The molecule has 1 atom stereocenters. The van der Waals surface area contributed by atoms with E-state index in [2.05, 4.69) is 25.3 Å². The fraction of sp³-hybridized carbons (Fsp3) is 0.667. The molecule has 0 spiro atoms. The van der Waals surface area contributed by atoms with Crippen molar-refractivity contribution in [1.82, 2.24) is 24.5 Å². The number of anilines is 1. The second-order valence-corrected chi connectivity index (χ2v) is 6.47. The summed E-state index contributed by atoms with van der Waals surface area (Å²) in [6.07, 6.45) is -0.546. The first kappa shape index (κ1) is 16.5. The Hall–Kier alpha value is -1.94. The van der Waals surface area contributed by atoms with Gasteiger partial charge in [-0.1, -0.05) is 0 Å². The van der Waals surface area contributed by atoms with E-state index in [1.807, 2.05) is 0 Å². The third-order valence-corrected chi connectivity index (χ3v) is 4.85. The van der Waals surface area contributed by atoms with Gasteiger partial charge in [0.25, 0.3) is 5.78 Å². The molecular formula is C15H19F3N6O. The SMILES string of the molecule is FC(F)(F)c1cc(NC2CCN(C3CCOC3)CC2)n2ncnc2n1. The molecule has 2 aliphatic rings. The molecule has 10 heteroatoms. The number of nitrogens with one attached hydrogen (secondary N) is 1. The minimum absolute atomic E-state index is 0.0575. The molecule has 0 aliphatic carbocycles. The molecule has 1 N–H and O–H groups in total. The van der Waals surface area contributed by atoms with Crippen LogP contribution in [0.5, 0.6) is 0 Å². The van der Waals surface area contributed by atoms with Gasteiger partial charge in [-0.25, -0.2) is 4.98 Å². The first-order valence-electron chi connectivity index (χ1n) is 8.37. The van der Waals surface area contributed by atoms with E-state index in [9.17, 15) is 13.2 Å². The minimum Gasteiger partial charge on any atom is -0.380 e. The number of alkyl halides is 3. The third kappa shape index (κ3) is 3.40. The Bertz CT molecular complexity index is 734. The zero-order valence-electron chi connectivity index (χ0n) is 13.5. The van der Waals surface area contributed by atoms with Crippen LogP contribution in [0.4, 0.5) is 19.0 Å². The summed E-state index contributed by atoms with van der Waals surface area (Å²) in [5, 5.41) is 7.17. The van der Waals surface area contributed by atoms with Crippen LogP contribution in [-0.2, 0) is 10.9 Å². The Labute approximate surface area is 142 Å². The van der Waals surface area contributed by atoms with Crippen molar-refractivity contribution >= 4 is 11.6 Å². The Morgan fingerprint density at radius 2 is 2.00 bits per heavy atom. The maximum absolute atomic E-state index is 13.0. The van der Waals surface area contributed by atoms with Crippen molar-refractivity contribution in [3.63, 3.8) is 0 Å². The predicted molar refractivity (Wildman–Crippen MR) is 83.2 cm³/mol. The van der Waals surface area contributed by atoms with Crippen molar-refractivity contribution in [2.24, 2.45) is 0 Å². The molecule has 2 aromatic heterocycles. The summed E-state index contributed by atoms with van der Waals surface area (Å²) < 4.78 is 45.9. The molecule has 0 bridgehead atoms. The van der Waals surface area contributed by atoms with E-state index in [1.165, 1.54) is 10.8 Å². The van der Waals surface area contributed by atoms with E-state index >= 15 is 0 Å². The standard InChI is InChI=1S/C15H19F3N6O/c16-15(17,18)12-7-13(24-14(22-12)19-9-20-24)21-10-1-4-23(5-2-10)11-3-6-25-8-11/h7,9-11,21H,1-6,8H2. The van der Waals surface area contributed by atoms with Gasteiger partial charge in [-0.15, -0.1) is 0 Å². The molecule has 2 fully saturated rings. The molecule has 0 radical (unpaired) electrons. The maximum atomic E-state index is 13.0. The molecule has 0 saturated carbocycles. The zero-order chi connectivity index (χ0) is 17.4. The number of likely N-dealkylation sites (tertiary alicyclic amines) is 1. The fourth-order valence-corrected chi connectivity index (χ4v) is 3.49. The summed E-state index contributed by atoms with van der Waals surface area (Å²) in [5.74, 6) is 0.218. The van der Waals surface area contributed by atoms with E-state index in [0.29, 0.717) is 6.04 Å². The van der Waals surface area contributed by atoms with Crippen molar-refractivity contribution in [2.45, 2.75) is 37.5 Å². The van der Waals surface area contributed by atoms with E-state index in [1.54, 1.807) is 0 Å². The number of aromatic nitrogens is 4. The molecule has 0 amide bonds. The maximum Gasteiger partial charge on any atom is 0.433 e. The molecule has 25 heavy (non-hydrogen) atoms. The van der Waals surface area contributed by atoms with Crippen LogP contribution in [0, 0.1) is 0 Å². The summed E-state index contributed by atoms with van der Waals surface area (Å²) in [6.45, 7) is 3.40. The normalized spacial score (nSPS) is 23.4. The van der Waals surface area contributed by atoms with Crippen LogP contribution in [-0.4, -0.2) is 62.9 Å². The number of ether oxygens (including phenoxy) is 1. The largest absolute Gasteiger partial charge is 0.433 e. The van der Waals surface area contributed by atoms with Gasteiger partial charge in [0.2, 0.25) is 0 Å². The average molecular weight is 356 g/mol. The van der Waals surface area contributed by atoms with E-state index < -0.39 is 11.9 Å². The highest BCUT2D eigenvalue weighted by Gasteiger charge is 2.34. The fourth-order valence-electron chi connectivity index (χ4n) is 3.49. The minimum atomic E-state index is -4.52. The molecule has 7 nitrogen and oxygen atoms in total. The first-order valence-corrected chi connectivity index (χ1v) is 8.37. The third-order valence-electron chi connectivity index (χ3n) is 4.85. The van der Waals surface area contributed by atoms with Gasteiger partial charge in [0.15, 0.2) is 5.69 Å². The lowest BCUT2D eigenvalue weighted by Gasteiger charge is -2.35. The molecule has 2 aromatic rings. The molecule has 4 heterocycles. The summed E-state index contributed by atoms with van der Waals surface area (Å²) in [6, 6.07) is 1.56. The zero-order valence-corrected chi connectivity index (χ0v) is 13.5. The molecule has 2 saturated heterocycles. The lowest BCUT2D eigenvalue weighted by molar-refractivity contribution is -0.141. The van der Waals surface area contributed by atoms with Crippen LogP contribution in [0.1, 0.15) is 25.0 Å². The molecule has 0 aromatic carbocycles. The molecule has 136 valence electrons. The number of piperidine rings is 1. The lowest BCUT2D eigenvalue weighted by Crippen LogP contribution is -2.45. The van der Waals surface area contributed by atoms with Gasteiger partial charge in [0, 0.05) is 37.8 Å². The summed E-state index contributed by atoms with van der Waals surface area (Å²) in [5.41, 5.74) is -0.962. The van der Waals surface area contributed by atoms with Crippen LogP contribution in [0.25, 0.3) is 5.78 Å². The second kappa shape index (κ2) is 6.41. The summed E-state index contributed by atoms with van der Waals surface area (Å²) in [7, 11) is 0. The monoisotopic (exact) mass is 356 g/mol. The number of hydrogen-bond acceptors (Lipinski definition) is 6. The van der Waals surface area contributed by atoms with Gasteiger partial charge in [0.05, 0.1) is 6.61 Å². The summed E-state index contributed by atoms with van der Waals surface area (Å²) in [4.78, 5) is 9.72. The lowest BCUT2D eigenvalue weighted by atomic mass is 10.0. The van der Waals surface area contributed by atoms with E-state index in [-0.39, 0.29) is 17.6 Å². The number of halogens is 3. The Morgan fingerprint density at radius 1 is 1.20 bits per heavy atom. The van der Waals surface area contributed by atoms with Crippen molar-refractivity contribution in [1.29, 1.82) is 0 Å². The van der Waals surface area contributed by atoms with Crippen molar-refractivity contribution in [3.05, 3.63) is 18.1 Å². The van der Waals surface area contributed by atoms with Crippen LogP contribution in [0.15, 0.2) is 12.4 Å². The second-order valence-electron chi connectivity index (χ2n) is 6.47. The number of fused-ring (bicyclic) bond motifs is 1. The number of rotatable bonds is 3. The van der Waals surface area contributed by atoms with Crippen molar-refractivity contribution in [3.8, 4) is 0 Å². The van der Waals surface area contributed by atoms with Crippen LogP contribution >= 0.6 is 0 Å². The van der Waals surface area contributed by atoms with Gasteiger partial charge in [-0.3, -0.25) is 4.90 Å². The molecule has 4 rings (SSSR count).